The zero-order valence-electron chi connectivity index (χ0n) is 9.12. The van der Waals surface area contributed by atoms with E-state index in [4.69, 9.17) is 9.47 Å². The van der Waals surface area contributed by atoms with Crippen molar-refractivity contribution in [1.29, 1.82) is 0 Å². The molecule has 0 amide bonds. The summed E-state index contributed by atoms with van der Waals surface area (Å²) in [6.45, 7) is 1.93. The van der Waals surface area contributed by atoms with Crippen molar-refractivity contribution < 1.29 is 19.1 Å². The van der Waals surface area contributed by atoms with Crippen molar-refractivity contribution in [3.05, 3.63) is 23.2 Å². The maximum atomic E-state index is 11.6. The molecule has 1 aliphatic rings. The van der Waals surface area contributed by atoms with Gasteiger partial charge in [0.1, 0.15) is 0 Å². The van der Waals surface area contributed by atoms with Gasteiger partial charge in [-0.05, 0) is 6.42 Å². The molecule has 82 valence electrons. The second-order valence-corrected chi connectivity index (χ2v) is 3.17. The van der Waals surface area contributed by atoms with Gasteiger partial charge in [0, 0.05) is 11.6 Å². The van der Waals surface area contributed by atoms with Gasteiger partial charge in [0.05, 0.1) is 14.2 Å². The molecule has 1 rings (SSSR count). The lowest BCUT2D eigenvalue weighted by Gasteiger charge is -2.17. The molecule has 4 nitrogen and oxygen atoms in total. The maximum Gasteiger partial charge on any atom is 0.232 e. The van der Waals surface area contributed by atoms with Crippen LogP contribution < -0.4 is 0 Å². The van der Waals surface area contributed by atoms with Gasteiger partial charge in [-0.3, -0.25) is 9.59 Å². The number of hydrogen-bond donors (Lipinski definition) is 0. The lowest BCUT2D eigenvalue weighted by molar-refractivity contribution is -0.132. The molecule has 0 saturated heterocycles. The minimum Gasteiger partial charge on any atom is -0.493 e. The highest BCUT2D eigenvalue weighted by Gasteiger charge is 2.29. The van der Waals surface area contributed by atoms with Crippen molar-refractivity contribution in [2.24, 2.45) is 0 Å². The van der Waals surface area contributed by atoms with Crippen LogP contribution in [0.3, 0.4) is 0 Å². The molecular weight excluding hydrogens is 196 g/mol. The third-order valence-corrected chi connectivity index (χ3v) is 2.18. The van der Waals surface area contributed by atoms with E-state index in [-0.39, 0.29) is 0 Å². The van der Waals surface area contributed by atoms with Gasteiger partial charge in [0.2, 0.25) is 11.6 Å². The number of methoxy groups -OCH3 is 2. The third-order valence-electron chi connectivity index (χ3n) is 2.18. The topological polar surface area (TPSA) is 52.6 Å². The Kier molecular flexibility index (Phi) is 3.66. The average Bonchev–Trinajstić information content (AvgIpc) is 2.24. The van der Waals surface area contributed by atoms with E-state index < -0.39 is 11.6 Å². The van der Waals surface area contributed by atoms with Crippen LogP contribution in [0.15, 0.2) is 23.2 Å². The largest absolute Gasteiger partial charge is 0.493 e. The number of ketones is 2. The summed E-state index contributed by atoms with van der Waals surface area (Å²) in [5, 5.41) is 0. The molecule has 0 aliphatic heterocycles. The van der Waals surface area contributed by atoms with Crippen LogP contribution in [0.1, 0.15) is 19.8 Å². The lowest BCUT2D eigenvalue weighted by Crippen LogP contribution is -2.22. The predicted molar refractivity (Wildman–Crippen MR) is 54.0 cm³/mol. The molecule has 0 saturated carbocycles. The van der Waals surface area contributed by atoms with E-state index in [1.165, 1.54) is 20.3 Å². The Bertz CT molecular complexity index is 350. The van der Waals surface area contributed by atoms with E-state index in [0.29, 0.717) is 23.5 Å². The first-order chi connectivity index (χ1) is 7.15. The molecule has 0 unspecified atom stereocenters. The molecule has 0 N–H and O–H groups in total. The number of hydrogen-bond acceptors (Lipinski definition) is 4. The summed E-state index contributed by atoms with van der Waals surface area (Å²) in [4.78, 5) is 22.9. The van der Waals surface area contributed by atoms with Gasteiger partial charge in [-0.2, -0.15) is 0 Å². The highest BCUT2D eigenvalue weighted by molar-refractivity contribution is 6.48. The van der Waals surface area contributed by atoms with Crippen LogP contribution in [-0.2, 0) is 19.1 Å². The van der Waals surface area contributed by atoms with Crippen molar-refractivity contribution in [2.75, 3.05) is 14.2 Å². The predicted octanol–water partition coefficient (Wildman–Crippen LogP) is 1.37. The summed E-state index contributed by atoms with van der Waals surface area (Å²) in [6.07, 6.45) is 2.47. The number of Topliss-reactive ketones (excluding diaryl/α,β-unsaturated/α-hetero) is 1. The smallest absolute Gasteiger partial charge is 0.232 e. The summed E-state index contributed by atoms with van der Waals surface area (Å²) in [5.74, 6) is -0.333. The molecule has 0 radical (unpaired) electrons. The Morgan fingerprint density at radius 2 is 1.87 bits per heavy atom. The Morgan fingerprint density at radius 1 is 1.20 bits per heavy atom. The average molecular weight is 210 g/mol. The lowest BCUT2D eigenvalue weighted by atomic mass is 9.96. The van der Waals surface area contributed by atoms with E-state index in [9.17, 15) is 9.59 Å². The van der Waals surface area contributed by atoms with Gasteiger partial charge >= 0.3 is 0 Å². The number of carbonyl (C=O) groups excluding carboxylic acids is 2. The third kappa shape index (κ3) is 2.09. The second-order valence-electron chi connectivity index (χ2n) is 3.17. The van der Waals surface area contributed by atoms with Gasteiger partial charge in [0.15, 0.2) is 11.5 Å². The molecule has 0 fully saturated rings. The quantitative estimate of drug-likeness (QED) is 0.519. The minimum absolute atomic E-state index is 0.325. The van der Waals surface area contributed by atoms with Crippen LogP contribution in [0, 0.1) is 0 Å². The molecule has 0 atom stereocenters. The van der Waals surface area contributed by atoms with Crippen molar-refractivity contribution in [3.63, 3.8) is 0 Å². The van der Waals surface area contributed by atoms with E-state index in [0.717, 1.165) is 6.42 Å². The molecular formula is C11H14O4. The first-order valence-electron chi connectivity index (χ1n) is 4.77. The van der Waals surface area contributed by atoms with Crippen LogP contribution in [0.25, 0.3) is 0 Å². The SMILES string of the molecule is CCCC1=C(OC)C(OC)=CC(=O)C1=O. The van der Waals surface area contributed by atoms with Crippen LogP contribution in [0.5, 0.6) is 0 Å². The number of ether oxygens (including phenoxy) is 2. The van der Waals surface area contributed by atoms with Gasteiger partial charge < -0.3 is 9.47 Å². The van der Waals surface area contributed by atoms with Crippen LogP contribution in [0.2, 0.25) is 0 Å². The highest BCUT2D eigenvalue weighted by Crippen LogP contribution is 2.25. The number of allylic oxidation sites excluding steroid dienone is 2. The van der Waals surface area contributed by atoms with Crippen molar-refractivity contribution >= 4 is 11.6 Å². The summed E-state index contributed by atoms with van der Waals surface area (Å²) in [6, 6.07) is 0. The molecule has 0 aromatic heterocycles. The molecule has 4 heteroatoms. The summed E-state index contributed by atoms with van der Waals surface area (Å²) >= 11 is 0. The monoisotopic (exact) mass is 210 g/mol. The van der Waals surface area contributed by atoms with Crippen molar-refractivity contribution in [3.8, 4) is 0 Å². The summed E-state index contributed by atoms with van der Waals surface area (Å²) < 4.78 is 10.1. The number of carbonyl (C=O) groups is 2. The zero-order valence-corrected chi connectivity index (χ0v) is 9.12. The molecule has 0 spiro atoms. The van der Waals surface area contributed by atoms with E-state index in [1.807, 2.05) is 6.92 Å². The summed E-state index contributed by atoms with van der Waals surface area (Å²) in [7, 11) is 2.90. The van der Waals surface area contributed by atoms with Gasteiger partial charge in [0.25, 0.3) is 0 Å². The van der Waals surface area contributed by atoms with Crippen LogP contribution in [0.4, 0.5) is 0 Å². The number of rotatable bonds is 4. The Labute approximate surface area is 88.6 Å². The standard InChI is InChI=1S/C11H14O4/c1-4-5-7-10(13)8(12)6-9(14-2)11(7)15-3/h6H,4-5H2,1-3H3. The van der Waals surface area contributed by atoms with Gasteiger partial charge in [-0.1, -0.05) is 13.3 Å². The van der Waals surface area contributed by atoms with Crippen molar-refractivity contribution in [1.82, 2.24) is 0 Å². The van der Waals surface area contributed by atoms with E-state index >= 15 is 0 Å². The van der Waals surface area contributed by atoms with Crippen LogP contribution in [-0.4, -0.2) is 25.8 Å². The van der Waals surface area contributed by atoms with Gasteiger partial charge in [-0.15, -0.1) is 0 Å². The zero-order chi connectivity index (χ0) is 11.4. The maximum absolute atomic E-state index is 11.6. The Morgan fingerprint density at radius 3 is 2.33 bits per heavy atom. The first kappa shape index (κ1) is 11.5. The molecule has 0 heterocycles. The molecule has 0 aromatic rings. The fourth-order valence-electron chi connectivity index (χ4n) is 1.50. The highest BCUT2D eigenvalue weighted by atomic mass is 16.5. The van der Waals surface area contributed by atoms with Gasteiger partial charge in [-0.25, -0.2) is 0 Å². The minimum atomic E-state index is -0.545. The van der Waals surface area contributed by atoms with Crippen molar-refractivity contribution in [2.45, 2.75) is 19.8 Å². The first-order valence-corrected chi connectivity index (χ1v) is 4.77. The fourth-order valence-corrected chi connectivity index (χ4v) is 1.50. The molecule has 0 bridgehead atoms. The van der Waals surface area contributed by atoms with Crippen LogP contribution >= 0.6 is 0 Å². The second kappa shape index (κ2) is 4.77. The molecule has 15 heavy (non-hydrogen) atoms. The fraction of sp³-hybridized carbons (Fsp3) is 0.455. The summed E-state index contributed by atoms with van der Waals surface area (Å²) in [5.41, 5.74) is 0.407. The van der Waals surface area contributed by atoms with E-state index in [2.05, 4.69) is 0 Å². The normalized spacial score (nSPS) is 16.6. The molecule has 0 aromatic carbocycles. The molecule has 1 aliphatic carbocycles. The Hall–Kier alpha value is -1.58. The Balaban J connectivity index is 3.19. The van der Waals surface area contributed by atoms with E-state index in [1.54, 1.807) is 0 Å².